The zero-order chi connectivity index (χ0) is 22.1. The van der Waals surface area contributed by atoms with Crippen molar-refractivity contribution in [2.45, 2.75) is 45.1 Å². The molecule has 1 aromatic rings. The number of nitrogens with zero attached hydrogens (tertiary/aromatic N) is 4. The van der Waals surface area contributed by atoms with Crippen molar-refractivity contribution in [3.05, 3.63) is 10.8 Å². The van der Waals surface area contributed by atoms with Crippen LogP contribution in [0.2, 0.25) is 0 Å². The van der Waals surface area contributed by atoms with Crippen LogP contribution < -0.4 is 0 Å². The van der Waals surface area contributed by atoms with Gasteiger partial charge < -0.3 is 9.64 Å². The number of carbonyl (C=O) groups excluding carboxylic acids is 1. The number of piperidine rings is 1. The topological polar surface area (TPSA) is 60.2 Å². The van der Waals surface area contributed by atoms with Crippen molar-refractivity contribution < 1.29 is 21.9 Å². The second-order valence-electron chi connectivity index (χ2n) is 4.59. The number of rotatable bonds is 1. The predicted octanol–water partition coefficient (Wildman–Crippen LogP) is 2.61. The highest BCUT2D eigenvalue weighted by Crippen LogP contribution is 2.23. The Balaban J connectivity index is 2.78. The number of amides is 1. The van der Waals surface area contributed by atoms with E-state index in [9.17, 15) is 4.79 Å². The summed E-state index contributed by atoms with van der Waals surface area (Å²) in [6, 6.07) is -3.32. The minimum Gasteiger partial charge on any atom is -0.444 e. The van der Waals surface area contributed by atoms with Gasteiger partial charge in [0.05, 0.1) is 13.6 Å². The minimum atomic E-state index is -3.51. The van der Waals surface area contributed by atoms with E-state index in [1.54, 1.807) is 0 Å². The van der Waals surface area contributed by atoms with Gasteiger partial charge in [0.2, 0.25) is 0 Å². The van der Waals surface area contributed by atoms with Crippen molar-refractivity contribution in [3.63, 3.8) is 0 Å². The Morgan fingerprint density at radius 2 is 2.21 bits per heavy atom. The summed E-state index contributed by atoms with van der Waals surface area (Å²) < 4.78 is 79.2. The molecule has 106 valence electrons. The Morgan fingerprint density at radius 3 is 2.68 bits per heavy atom. The molecule has 0 aromatic carbocycles. The second kappa shape index (κ2) is 5.48. The Kier molecular flexibility index (Phi) is 1.89. The fourth-order valence-corrected chi connectivity index (χ4v) is 1.37. The number of likely N-dealkylation sites (tertiary alicyclic amines) is 1. The van der Waals surface area contributed by atoms with Crippen LogP contribution in [-0.2, 0) is 4.74 Å². The molecule has 1 aromatic heterocycles. The Morgan fingerprint density at radius 1 is 1.58 bits per heavy atom. The first-order chi connectivity index (χ1) is 12.2. The maximum atomic E-state index is 12.6. The number of halogens is 1. The molecule has 1 aliphatic heterocycles. The van der Waals surface area contributed by atoms with Gasteiger partial charge in [0.25, 0.3) is 0 Å². The fourth-order valence-electron chi connectivity index (χ4n) is 1.13. The molecule has 0 saturated carbocycles. The van der Waals surface area contributed by atoms with Gasteiger partial charge in [-0.15, -0.1) is 5.10 Å². The lowest BCUT2D eigenvalue weighted by Crippen LogP contribution is -2.42. The molecule has 1 fully saturated rings. The molecule has 0 radical (unpaired) electrons. The van der Waals surface area contributed by atoms with Crippen LogP contribution in [-0.4, -0.2) is 44.6 Å². The maximum absolute atomic E-state index is 12.6. The van der Waals surface area contributed by atoms with Crippen LogP contribution in [0.25, 0.3) is 0 Å². The van der Waals surface area contributed by atoms with Crippen molar-refractivity contribution in [1.29, 1.82) is 0 Å². The van der Waals surface area contributed by atoms with Gasteiger partial charge in [-0.2, -0.15) is 9.90 Å². The summed E-state index contributed by atoms with van der Waals surface area (Å²) in [6.07, 6.45) is -7.60. The molecule has 1 aliphatic rings. The van der Waals surface area contributed by atoms with Gasteiger partial charge in [0.1, 0.15) is 10.2 Å². The molecule has 0 spiro atoms. The number of carbonyl (C=O) groups is 1. The molecule has 2 heterocycles. The molecule has 0 unspecified atom stereocenters. The van der Waals surface area contributed by atoms with Gasteiger partial charge in [-0.1, -0.05) is 0 Å². The summed E-state index contributed by atoms with van der Waals surface area (Å²) in [4.78, 5) is 12.6. The number of hydrogen-bond donors (Lipinski definition) is 0. The lowest BCUT2D eigenvalue weighted by molar-refractivity contribution is 0.0180. The SMILES string of the molecule is [2H]C1([2H])N(C(=O)OC(C)(C)C)C([2H])([2H])C([2H])([2H])C([2H])(n2ncc(Br)n2)C1([2H])[2H]. The fraction of sp³-hybridized carbons (Fsp3) is 0.750. The van der Waals surface area contributed by atoms with Gasteiger partial charge in [0.15, 0.2) is 0 Å². The third-order valence-corrected chi connectivity index (χ3v) is 2.18. The van der Waals surface area contributed by atoms with Crippen LogP contribution in [0.4, 0.5) is 4.79 Å². The zero-order valence-corrected chi connectivity index (χ0v) is 12.1. The lowest BCUT2D eigenvalue weighted by Gasteiger charge is -2.32. The van der Waals surface area contributed by atoms with Crippen molar-refractivity contribution >= 4 is 22.0 Å². The highest BCUT2D eigenvalue weighted by Gasteiger charge is 2.28. The monoisotopic (exact) mass is 339 g/mol. The van der Waals surface area contributed by atoms with E-state index in [1.807, 2.05) is 0 Å². The Bertz CT molecular complexity index is 764. The molecule has 7 heteroatoms. The smallest absolute Gasteiger partial charge is 0.410 e. The van der Waals surface area contributed by atoms with Gasteiger partial charge in [-0.25, -0.2) is 4.79 Å². The van der Waals surface area contributed by atoms with Gasteiger partial charge in [-0.05, 0) is 49.4 Å². The molecule has 1 amide bonds. The van der Waals surface area contributed by atoms with E-state index in [4.69, 9.17) is 17.1 Å². The van der Waals surface area contributed by atoms with E-state index in [0.29, 0.717) is 0 Å². The van der Waals surface area contributed by atoms with Crippen LogP contribution in [0.15, 0.2) is 10.8 Å². The van der Waals surface area contributed by atoms with Crippen LogP contribution in [0.1, 0.15) is 51.9 Å². The summed E-state index contributed by atoms with van der Waals surface area (Å²) in [7, 11) is 0. The molecule has 2 rings (SSSR count). The third-order valence-electron chi connectivity index (χ3n) is 1.81. The summed E-state index contributed by atoms with van der Waals surface area (Å²) in [5.41, 5.74) is -1.19. The molecular formula is C12H19BrN4O2. The predicted molar refractivity (Wildman–Crippen MR) is 73.8 cm³/mol. The number of aromatic nitrogens is 3. The minimum absolute atomic E-state index is 0.00131. The van der Waals surface area contributed by atoms with Crippen LogP contribution in [0.5, 0.6) is 0 Å². The first-order valence-electron chi connectivity index (χ1n) is 9.87. The summed E-state index contributed by atoms with van der Waals surface area (Å²) in [5, 5.41) is 7.23. The van der Waals surface area contributed by atoms with E-state index < -0.39 is 43.5 Å². The van der Waals surface area contributed by atoms with Gasteiger partial charge in [-0.3, -0.25) is 0 Å². The molecule has 19 heavy (non-hydrogen) atoms. The average molecular weight is 340 g/mol. The second-order valence-corrected chi connectivity index (χ2v) is 5.41. The quantitative estimate of drug-likeness (QED) is 0.788. The van der Waals surface area contributed by atoms with Crippen LogP contribution in [0.3, 0.4) is 0 Å². The van der Waals surface area contributed by atoms with E-state index in [0.717, 1.165) is 6.20 Å². The van der Waals surface area contributed by atoms with Gasteiger partial charge in [0, 0.05) is 24.0 Å². The van der Waals surface area contributed by atoms with Crippen molar-refractivity contribution in [2.24, 2.45) is 0 Å². The number of hydrogen-bond acceptors (Lipinski definition) is 4. The summed E-state index contributed by atoms with van der Waals surface area (Å²) in [6.45, 7) is -2.71. The highest BCUT2D eigenvalue weighted by atomic mass is 79.9. The summed E-state index contributed by atoms with van der Waals surface area (Å²) >= 11 is 2.93. The van der Waals surface area contributed by atoms with Crippen molar-refractivity contribution in [3.8, 4) is 0 Å². The first kappa shape index (κ1) is 6.56. The molecule has 0 bridgehead atoms. The van der Waals surface area contributed by atoms with Crippen LogP contribution >= 0.6 is 15.9 Å². The molecule has 0 atom stereocenters. The third kappa shape index (κ3) is 3.92. The molecular weight excluding hydrogens is 312 g/mol. The van der Waals surface area contributed by atoms with E-state index in [2.05, 4.69) is 26.1 Å². The lowest BCUT2D eigenvalue weighted by atomic mass is 10.1. The van der Waals surface area contributed by atoms with E-state index >= 15 is 0 Å². The molecule has 6 nitrogen and oxygen atoms in total. The Hall–Kier alpha value is -1.11. The van der Waals surface area contributed by atoms with Gasteiger partial charge >= 0.3 is 6.09 Å². The Labute approximate surface area is 133 Å². The van der Waals surface area contributed by atoms with Crippen LogP contribution in [0, 0.1) is 0 Å². The largest absolute Gasteiger partial charge is 0.444 e. The van der Waals surface area contributed by atoms with E-state index in [1.165, 1.54) is 20.8 Å². The number of ether oxygens (including phenoxy) is 1. The zero-order valence-electron chi connectivity index (χ0n) is 19.6. The van der Waals surface area contributed by atoms with Crippen molar-refractivity contribution in [2.75, 3.05) is 13.0 Å². The normalized spacial score (nSPS) is 36.8. The maximum Gasteiger partial charge on any atom is 0.410 e. The molecule has 0 N–H and O–H groups in total. The standard InChI is InChI=1S/C12H19BrN4O2/c1-12(2,3)19-11(18)16-6-4-9(5-7-16)17-14-8-10(13)15-17/h8-9H,4-7H2,1-3H3/i4D2,5D2,6D2,7D2,9D. The first-order valence-corrected chi connectivity index (χ1v) is 6.16. The van der Waals surface area contributed by atoms with E-state index in [-0.39, 0.29) is 14.3 Å². The highest BCUT2D eigenvalue weighted by molar-refractivity contribution is 9.10. The molecule has 1 saturated heterocycles. The average Bonchev–Trinajstić information content (AvgIpc) is 2.88. The van der Waals surface area contributed by atoms with Crippen molar-refractivity contribution in [1.82, 2.24) is 19.9 Å². The molecule has 0 aliphatic carbocycles. The summed E-state index contributed by atoms with van der Waals surface area (Å²) in [5.74, 6) is 0.